The lowest BCUT2D eigenvalue weighted by molar-refractivity contribution is -0.258. The summed E-state index contributed by atoms with van der Waals surface area (Å²) in [5, 5.41) is 25.3. The van der Waals surface area contributed by atoms with Gasteiger partial charge < -0.3 is 53.1 Å². The average Bonchev–Trinajstić information content (AvgIpc) is 3.93. The Balaban J connectivity index is 1.27. The van der Waals surface area contributed by atoms with Gasteiger partial charge in [-0.1, -0.05) is 94.5 Å². The van der Waals surface area contributed by atoms with Crippen molar-refractivity contribution in [2.45, 2.75) is 166 Å². The summed E-state index contributed by atoms with van der Waals surface area (Å²) in [5.74, 6) is 1.15. The van der Waals surface area contributed by atoms with Gasteiger partial charge in [-0.3, -0.25) is 9.59 Å². The van der Waals surface area contributed by atoms with Crippen molar-refractivity contribution in [1.29, 1.82) is 0 Å². The van der Waals surface area contributed by atoms with Crippen LogP contribution < -0.4 is 23.7 Å². The van der Waals surface area contributed by atoms with Gasteiger partial charge in [-0.15, -0.1) is 6.58 Å². The van der Waals surface area contributed by atoms with Crippen LogP contribution in [0.4, 0.5) is 0 Å². The molecule has 5 aliphatic rings. The van der Waals surface area contributed by atoms with Crippen LogP contribution in [0.2, 0.25) is 0 Å². The van der Waals surface area contributed by atoms with Crippen LogP contribution in [0.25, 0.3) is 0 Å². The molecular weight excluding hydrogens is 941 g/mol. The zero-order valence-electron chi connectivity index (χ0n) is 43.9. The number of rotatable bonds is 30. The topological polar surface area (TPSA) is 164 Å². The number of fused-ring (bicyclic) bond motifs is 3. The number of oxime groups is 1. The third-order valence-electron chi connectivity index (χ3n) is 15.6. The Morgan fingerprint density at radius 1 is 0.865 bits per heavy atom. The molecule has 3 aromatic carbocycles. The van der Waals surface area contributed by atoms with Crippen molar-refractivity contribution in [3.8, 4) is 34.5 Å². The lowest BCUT2D eigenvalue weighted by atomic mass is 9.55. The molecule has 3 aromatic rings. The van der Waals surface area contributed by atoms with Crippen molar-refractivity contribution in [3.05, 3.63) is 95.6 Å². The van der Waals surface area contributed by atoms with Gasteiger partial charge >= 0.3 is 0 Å². The number of benzene rings is 3. The SMILES string of the molecule is C=CCO[C@@]12Oc3ccc(Oc4ccc(OC)c(C=O)c4)cc3[C@H]3[C@H](CCCCO)[C@@H](CCCCO)C=C(C(=NOC4CCCCO4)C[C@@H]1N(Cc1ccc4c(c1)OCO4)C(=O)CCCCCCCCCCC)[C@H]32. The van der Waals surface area contributed by atoms with Crippen LogP contribution in [-0.2, 0) is 25.7 Å². The van der Waals surface area contributed by atoms with E-state index in [0.717, 1.165) is 87.2 Å². The number of hydrogen-bond acceptors (Lipinski definition) is 13. The molecule has 8 rings (SSSR count). The Bertz CT molecular complexity index is 2380. The first-order chi connectivity index (χ1) is 36.3. The summed E-state index contributed by atoms with van der Waals surface area (Å²) in [5.41, 5.74) is 3.81. The molecule has 2 aliphatic carbocycles. The van der Waals surface area contributed by atoms with Gasteiger partial charge in [0.25, 0.3) is 0 Å². The number of methoxy groups -OCH3 is 1. The second-order valence-corrected chi connectivity index (χ2v) is 20.6. The van der Waals surface area contributed by atoms with E-state index in [9.17, 15) is 15.0 Å². The predicted octanol–water partition coefficient (Wildman–Crippen LogP) is 12.1. The van der Waals surface area contributed by atoms with Crippen LogP contribution in [0, 0.1) is 17.8 Å². The smallest absolute Gasteiger partial charge is 0.239 e. The van der Waals surface area contributed by atoms with Crippen LogP contribution in [0.3, 0.4) is 0 Å². The maximum atomic E-state index is 15.5. The highest BCUT2D eigenvalue weighted by atomic mass is 16.8. The minimum atomic E-state index is -1.45. The van der Waals surface area contributed by atoms with Gasteiger partial charge in [0, 0.05) is 50.5 Å². The second kappa shape index (κ2) is 27.4. The minimum Gasteiger partial charge on any atom is -0.496 e. The van der Waals surface area contributed by atoms with Gasteiger partial charge in [0.1, 0.15) is 29.0 Å². The van der Waals surface area contributed by atoms with Crippen LogP contribution >= 0.6 is 0 Å². The van der Waals surface area contributed by atoms with E-state index in [1.54, 1.807) is 24.3 Å². The number of nitrogens with zero attached hydrogens (tertiary/aromatic N) is 2. The second-order valence-electron chi connectivity index (χ2n) is 20.6. The number of amides is 1. The van der Waals surface area contributed by atoms with Crippen molar-refractivity contribution in [2.75, 3.05) is 40.3 Å². The number of allylic oxidation sites excluding steroid dienone is 1. The number of hydrogen-bond donors (Lipinski definition) is 2. The van der Waals surface area contributed by atoms with Crippen LogP contribution in [0.1, 0.15) is 163 Å². The lowest BCUT2D eigenvalue weighted by Crippen LogP contribution is -2.70. The molecule has 0 spiro atoms. The number of aldehydes is 1. The largest absolute Gasteiger partial charge is 0.496 e. The molecule has 74 heavy (non-hydrogen) atoms. The molecule has 1 saturated carbocycles. The van der Waals surface area contributed by atoms with Crippen molar-refractivity contribution >= 4 is 17.9 Å². The van der Waals surface area contributed by atoms with E-state index in [2.05, 4.69) is 19.6 Å². The van der Waals surface area contributed by atoms with E-state index in [1.165, 1.54) is 39.2 Å². The number of aliphatic hydroxyl groups is 2. The van der Waals surface area contributed by atoms with E-state index < -0.39 is 24.0 Å². The standard InChI is InChI=1S/C60H80N2O12/c1-4-6-7-8-9-10-11-12-13-22-56(66)62(39-42-24-27-53-54(34-42)70-41-69-53)55-38-50(61-74-57-23-16-19-33-68-57)48-36-43(20-14-17-30-63)47(21-15-18-31-64)58-49-37-46(72-45-25-28-51(67-3)44(35-45)40-65)26-29-52(49)73-60(55,59(48)58)71-32-5-2/h5,24-29,34-37,40,43,47,55,57-59,63-64H,2,4,6-23,30-33,38-39,41H2,1,3H3/t43-,47+,55-,57?,58+,59+,60+/m0/s1. The summed E-state index contributed by atoms with van der Waals surface area (Å²) in [6, 6.07) is 16.1. The number of ether oxygens (including phenoxy) is 7. The van der Waals surface area contributed by atoms with Crippen LogP contribution in [-0.4, -0.2) is 91.5 Å². The third kappa shape index (κ3) is 13.2. The minimum absolute atomic E-state index is 0.00355. The molecule has 1 saturated heterocycles. The Morgan fingerprint density at radius 2 is 1.61 bits per heavy atom. The van der Waals surface area contributed by atoms with E-state index in [1.807, 2.05) is 41.3 Å². The number of carbonyl (C=O) groups excluding carboxylic acids is 2. The first kappa shape index (κ1) is 54.8. The van der Waals surface area contributed by atoms with E-state index in [-0.39, 0.29) is 63.2 Å². The van der Waals surface area contributed by atoms with Gasteiger partial charge in [-0.05, 0) is 116 Å². The number of carbonyl (C=O) groups is 2. The highest BCUT2D eigenvalue weighted by molar-refractivity contribution is 6.03. The molecule has 0 radical (unpaired) electrons. The molecule has 2 fully saturated rings. The zero-order chi connectivity index (χ0) is 51.7. The summed E-state index contributed by atoms with van der Waals surface area (Å²) in [4.78, 5) is 35.9. The van der Waals surface area contributed by atoms with E-state index in [0.29, 0.717) is 78.1 Å². The lowest BCUT2D eigenvalue weighted by Gasteiger charge is -2.60. The molecule has 1 amide bonds. The fourth-order valence-electron chi connectivity index (χ4n) is 12.0. The number of aliphatic hydroxyl groups excluding tert-OH is 2. The van der Waals surface area contributed by atoms with E-state index in [4.69, 9.17) is 43.2 Å². The van der Waals surface area contributed by atoms with Gasteiger partial charge in [-0.2, -0.15) is 0 Å². The van der Waals surface area contributed by atoms with Crippen molar-refractivity contribution in [1.82, 2.24) is 4.90 Å². The highest BCUT2D eigenvalue weighted by Crippen LogP contribution is 2.62. The summed E-state index contributed by atoms with van der Waals surface area (Å²) >= 11 is 0. The Kier molecular flexibility index (Phi) is 20.3. The van der Waals surface area contributed by atoms with Gasteiger partial charge in [0.05, 0.1) is 37.5 Å². The zero-order valence-corrected chi connectivity index (χ0v) is 43.9. The van der Waals surface area contributed by atoms with Crippen LogP contribution in [0.15, 0.2) is 84.1 Å². The molecule has 14 heteroatoms. The van der Waals surface area contributed by atoms with Crippen molar-refractivity contribution in [2.24, 2.45) is 22.9 Å². The Morgan fingerprint density at radius 3 is 2.35 bits per heavy atom. The van der Waals surface area contributed by atoms with Crippen molar-refractivity contribution < 1.29 is 57.8 Å². The first-order valence-electron chi connectivity index (χ1n) is 27.7. The molecule has 3 heterocycles. The van der Waals surface area contributed by atoms with Gasteiger partial charge in [0.2, 0.25) is 24.8 Å². The molecule has 1 unspecified atom stereocenters. The Hall–Kier alpha value is -5.41. The molecule has 402 valence electrons. The van der Waals surface area contributed by atoms with E-state index >= 15 is 4.79 Å². The summed E-state index contributed by atoms with van der Waals surface area (Å²) in [6.45, 7) is 7.62. The van der Waals surface area contributed by atoms with Crippen molar-refractivity contribution in [3.63, 3.8) is 0 Å². The number of unbranched alkanes of at least 4 members (excludes halogenated alkanes) is 10. The molecule has 3 aliphatic heterocycles. The van der Waals surface area contributed by atoms with Gasteiger partial charge in [-0.25, -0.2) is 0 Å². The normalized spacial score (nSPS) is 24.0. The first-order valence-corrected chi connectivity index (χ1v) is 27.7. The quantitative estimate of drug-likeness (QED) is 0.0281. The highest BCUT2D eigenvalue weighted by Gasteiger charge is 2.65. The fourth-order valence-corrected chi connectivity index (χ4v) is 12.0. The third-order valence-corrected chi connectivity index (χ3v) is 15.6. The Labute approximate surface area is 438 Å². The van der Waals surface area contributed by atoms with Crippen LogP contribution in [0.5, 0.6) is 34.5 Å². The molecule has 7 atom stereocenters. The molecule has 2 N–H and O–H groups in total. The average molecular weight is 1020 g/mol. The predicted molar refractivity (Wildman–Crippen MR) is 283 cm³/mol. The molecule has 0 bridgehead atoms. The molecule has 14 nitrogen and oxygen atoms in total. The summed E-state index contributed by atoms with van der Waals surface area (Å²) in [6.07, 6.45) is 22.2. The summed E-state index contributed by atoms with van der Waals surface area (Å²) < 4.78 is 44.6. The summed E-state index contributed by atoms with van der Waals surface area (Å²) in [7, 11) is 1.53. The van der Waals surface area contributed by atoms with Gasteiger partial charge in [0.15, 0.2) is 17.8 Å². The maximum Gasteiger partial charge on any atom is 0.239 e. The monoisotopic (exact) mass is 1020 g/mol. The molecule has 0 aromatic heterocycles. The molecular formula is C60H80N2O12. The fraction of sp³-hybridized carbons (Fsp3) is 0.583. The maximum absolute atomic E-state index is 15.5.